The highest BCUT2D eigenvalue weighted by Gasteiger charge is 2.53. The first-order chi connectivity index (χ1) is 19.8. The first-order valence-electron chi connectivity index (χ1n) is 13.4. The zero-order valence-electron chi connectivity index (χ0n) is 22.0. The quantitative estimate of drug-likeness (QED) is 0.284. The van der Waals surface area contributed by atoms with Crippen molar-refractivity contribution < 1.29 is 19.1 Å². The number of nitrogens with two attached hydrogens (primary N) is 1. The number of hydrogen-bond acceptors (Lipinski definition) is 5. The summed E-state index contributed by atoms with van der Waals surface area (Å²) in [6.45, 7) is -0.0310. The molecule has 0 bridgehead atoms. The molecule has 1 aliphatic carbocycles. The normalized spacial score (nSPS) is 23.2. The summed E-state index contributed by atoms with van der Waals surface area (Å²) in [5.74, 6) is -1.34. The van der Waals surface area contributed by atoms with Crippen molar-refractivity contribution in [1.82, 2.24) is 4.90 Å². The van der Waals surface area contributed by atoms with Gasteiger partial charge < -0.3 is 26.4 Å². The van der Waals surface area contributed by atoms with Crippen molar-refractivity contribution in [3.05, 3.63) is 107 Å². The molecule has 4 aromatic rings. The molecule has 41 heavy (non-hydrogen) atoms. The molecule has 4 atom stereocenters. The number of halogens is 1. The van der Waals surface area contributed by atoms with Crippen LogP contribution in [0, 0.1) is 17.1 Å². The number of nitrogens with zero attached hydrogens (tertiary/aromatic N) is 2. The summed E-state index contributed by atoms with van der Waals surface area (Å²) < 4.78 is 14.9. The number of amides is 3. The Bertz CT molecular complexity index is 1710. The summed E-state index contributed by atoms with van der Waals surface area (Å²) in [7, 11) is 0. The monoisotopic (exact) mass is 549 g/mol. The van der Waals surface area contributed by atoms with Gasteiger partial charge in [0, 0.05) is 29.8 Å². The van der Waals surface area contributed by atoms with E-state index in [0.29, 0.717) is 17.7 Å². The van der Waals surface area contributed by atoms with Gasteiger partial charge in [-0.2, -0.15) is 5.26 Å². The number of anilines is 2. The van der Waals surface area contributed by atoms with Crippen LogP contribution in [0.5, 0.6) is 0 Å². The van der Waals surface area contributed by atoms with Crippen molar-refractivity contribution in [3.8, 4) is 6.07 Å². The number of aliphatic hydroxyl groups excluding tert-OH is 1. The molecule has 1 heterocycles. The van der Waals surface area contributed by atoms with Crippen molar-refractivity contribution in [1.29, 1.82) is 5.26 Å². The molecule has 0 radical (unpaired) electrons. The van der Waals surface area contributed by atoms with Crippen molar-refractivity contribution in [2.75, 3.05) is 17.2 Å². The number of rotatable bonds is 5. The number of aliphatic hydroxyl groups is 1. The van der Waals surface area contributed by atoms with E-state index in [9.17, 15) is 24.3 Å². The Hall–Kier alpha value is -4.78. The maximum Gasteiger partial charge on any atom is 0.322 e. The molecule has 1 aliphatic heterocycles. The molecule has 2 aliphatic rings. The highest BCUT2D eigenvalue weighted by Crippen LogP contribution is 2.56. The van der Waals surface area contributed by atoms with E-state index in [1.54, 1.807) is 36.4 Å². The third kappa shape index (κ3) is 4.99. The van der Waals surface area contributed by atoms with Gasteiger partial charge >= 0.3 is 6.03 Å². The zero-order valence-corrected chi connectivity index (χ0v) is 22.0. The van der Waals surface area contributed by atoms with E-state index in [0.717, 1.165) is 21.9 Å². The van der Waals surface area contributed by atoms with Gasteiger partial charge in [0.25, 0.3) is 0 Å². The van der Waals surface area contributed by atoms with Gasteiger partial charge in [-0.3, -0.25) is 4.79 Å². The molecule has 3 amide bonds. The van der Waals surface area contributed by atoms with Crippen LogP contribution in [0.3, 0.4) is 0 Å². The molecule has 2 unspecified atom stereocenters. The van der Waals surface area contributed by atoms with Gasteiger partial charge in [-0.25, -0.2) is 9.18 Å². The number of nitriles is 1. The largest absolute Gasteiger partial charge is 0.391 e. The van der Waals surface area contributed by atoms with Crippen LogP contribution in [0.2, 0.25) is 0 Å². The lowest BCUT2D eigenvalue weighted by Gasteiger charge is -2.24. The number of carbonyl (C=O) groups excluding carboxylic acids is 2. The minimum Gasteiger partial charge on any atom is -0.391 e. The van der Waals surface area contributed by atoms with E-state index in [2.05, 4.69) is 16.7 Å². The van der Waals surface area contributed by atoms with E-state index in [-0.39, 0.29) is 24.6 Å². The van der Waals surface area contributed by atoms with Gasteiger partial charge in [-0.15, -0.1) is 0 Å². The molecule has 8 nitrogen and oxygen atoms in total. The summed E-state index contributed by atoms with van der Waals surface area (Å²) in [6.07, 6.45) is -0.258. The van der Waals surface area contributed by atoms with E-state index in [4.69, 9.17) is 5.73 Å². The lowest BCUT2D eigenvalue weighted by Crippen LogP contribution is -2.45. The van der Waals surface area contributed by atoms with Gasteiger partial charge in [-0.1, -0.05) is 54.6 Å². The average molecular weight is 550 g/mol. The Kier molecular flexibility index (Phi) is 6.66. The smallest absolute Gasteiger partial charge is 0.322 e. The van der Waals surface area contributed by atoms with Crippen molar-refractivity contribution in [3.63, 3.8) is 0 Å². The van der Waals surface area contributed by atoms with Crippen LogP contribution in [0.15, 0.2) is 84.9 Å². The second-order valence-corrected chi connectivity index (χ2v) is 10.7. The van der Waals surface area contributed by atoms with Crippen LogP contribution in [-0.2, 0) is 10.3 Å². The molecular weight excluding hydrogens is 521 g/mol. The highest BCUT2D eigenvalue weighted by molar-refractivity contribution is 6.04. The fourth-order valence-electron chi connectivity index (χ4n) is 5.77. The average Bonchev–Trinajstić information content (AvgIpc) is 3.52. The van der Waals surface area contributed by atoms with Crippen LogP contribution in [0.4, 0.5) is 20.6 Å². The summed E-state index contributed by atoms with van der Waals surface area (Å²) in [5.41, 5.74) is 8.60. The number of carbonyl (C=O) groups is 2. The van der Waals surface area contributed by atoms with Gasteiger partial charge in [0.15, 0.2) is 0 Å². The minimum absolute atomic E-state index is 0.0247. The molecule has 1 saturated carbocycles. The summed E-state index contributed by atoms with van der Waals surface area (Å²) in [6, 6.07) is 25.3. The minimum atomic E-state index is -0.994. The van der Waals surface area contributed by atoms with E-state index < -0.39 is 35.4 Å². The standard InChI is InChI=1S/C32H28FN5O3/c33-26-12-11-21(25-16-32(25,35)22-8-3-5-19(13-22)17-34)14-28(26)36-30(40)29-15-23(39)18-38(29)31(41)37-27-10-4-7-20-6-1-2-9-24(20)27/h1-14,23,25,29,39H,15-16,18,35H2,(H,36,40)(H,37,41)/t23-,25?,29-,32?/m1/s1. The molecular formula is C32H28FN5O3. The van der Waals surface area contributed by atoms with Crippen LogP contribution in [-0.4, -0.2) is 40.6 Å². The SMILES string of the molecule is N#Cc1cccc(C2(N)CC2c2ccc(F)c(NC(=O)[C@H]3C[C@@H](O)CN3C(=O)Nc3cccc4ccccc34)c2)c1. The Morgan fingerprint density at radius 3 is 2.61 bits per heavy atom. The third-order valence-electron chi connectivity index (χ3n) is 8.06. The summed E-state index contributed by atoms with van der Waals surface area (Å²) >= 11 is 0. The second kappa shape index (κ2) is 10.3. The predicted octanol–water partition coefficient (Wildman–Crippen LogP) is 4.80. The molecule has 1 saturated heterocycles. The highest BCUT2D eigenvalue weighted by atomic mass is 19.1. The number of β-amino-alcohol motifs (C(OH)–C–C–N with tert-alkyl or cyclic N) is 1. The number of hydrogen-bond donors (Lipinski definition) is 4. The Balaban J connectivity index is 1.19. The Morgan fingerprint density at radius 2 is 1.78 bits per heavy atom. The molecule has 5 N–H and O–H groups in total. The van der Waals surface area contributed by atoms with Gasteiger partial charge in [-0.05, 0) is 53.3 Å². The maximum absolute atomic E-state index is 14.9. The first kappa shape index (κ1) is 26.4. The maximum atomic E-state index is 14.9. The Morgan fingerprint density at radius 1 is 1.00 bits per heavy atom. The molecule has 0 aromatic heterocycles. The van der Waals surface area contributed by atoms with Crippen molar-refractivity contribution >= 4 is 34.1 Å². The molecule has 6 rings (SSSR count). The van der Waals surface area contributed by atoms with Crippen LogP contribution >= 0.6 is 0 Å². The van der Waals surface area contributed by atoms with Crippen molar-refractivity contribution in [2.45, 2.75) is 36.4 Å². The molecule has 4 aromatic carbocycles. The van der Waals surface area contributed by atoms with Crippen LogP contribution in [0.1, 0.15) is 35.4 Å². The lowest BCUT2D eigenvalue weighted by atomic mass is 9.97. The van der Waals surface area contributed by atoms with Crippen molar-refractivity contribution in [2.24, 2.45) is 5.73 Å². The number of urea groups is 1. The van der Waals surface area contributed by atoms with E-state index >= 15 is 0 Å². The number of likely N-dealkylation sites (tertiary alicyclic amines) is 1. The molecule has 206 valence electrons. The molecule has 9 heteroatoms. The fraction of sp³-hybridized carbons (Fsp3) is 0.219. The number of fused-ring (bicyclic) bond motifs is 1. The van der Waals surface area contributed by atoms with Crippen LogP contribution < -0.4 is 16.4 Å². The third-order valence-corrected chi connectivity index (χ3v) is 8.06. The topological polar surface area (TPSA) is 131 Å². The number of nitrogens with one attached hydrogen (secondary N) is 2. The van der Waals surface area contributed by atoms with Crippen LogP contribution in [0.25, 0.3) is 10.8 Å². The van der Waals surface area contributed by atoms with E-state index in [1.807, 2.05) is 42.5 Å². The molecule has 0 spiro atoms. The summed E-state index contributed by atoms with van der Waals surface area (Å²) in [5, 5.41) is 26.9. The number of benzene rings is 4. The Labute approximate surface area is 236 Å². The molecule has 2 fully saturated rings. The zero-order chi connectivity index (χ0) is 28.7. The van der Waals surface area contributed by atoms with E-state index in [1.165, 1.54) is 11.0 Å². The van der Waals surface area contributed by atoms with Gasteiger partial charge in [0.1, 0.15) is 11.9 Å². The fourth-order valence-corrected chi connectivity index (χ4v) is 5.77. The first-order valence-corrected chi connectivity index (χ1v) is 13.4. The summed E-state index contributed by atoms with van der Waals surface area (Å²) in [4.78, 5) is 27.9. The predicted molar refractivity (Wildman–Crippen MR) is 153 cm³/mol. The lowest BCUT2D eigenvalue weighted by molar-refractivity contribution is -0.119. The van der Waals surface area contributed by atoms with Gasteiger partial charge in [0.2, 0.25) is 5.91 Å². The second-order valence-electron chi connectivity index (χ2n) is 10.7. The van der Waals surface area contributed by atoms with Gasteiger partial charge in [0.05, 0.1) is 29.1 Å².